The molecule has 13 heavy (non-hydrogen) atoms. The standard InChI is InChI=1S/C9H6ClNOS/c1-6-2-3-7(8(10)4-6)9(12)11-5-13/h2-4H,1H3. The van der Waals surface area contributed by atoms with Crippen molar-refractivity contribution in [3.8, 4) is 0 Å². The van der Waals surface area contributed by atoms with Crippen LogP contribution in [0, 0.1) is 6.92 Å². The van der Waals surface area contributed by atoms with E-state index in [0.717, 1.165) is 5.56 Å². The number of benzene rings is 1. The third-order valence-electron chi connectivity index (χ3n) is 1.50. The van der Waals surface area contributed by atoms with Gasteiger partial charge in [0.1, 0.15) is 0 Å². The van der Waals surface area contributed by atoms with E-state index >= 15 is 0 Å². The van der Waals surface area contributed by atoms with Crippen molar-refractivity contribution in [2.75, 3.05) is 0 Å². The summed E-state index contributed by atoms with van der Waals surface area (Å²) in [5.41, 5.74) is 1.34. The van der Waals surface area contributed by atoms with Crippen LogP contribution in [0.15, 0.2) is 23.2 Å². The molecular weight excluding hydrogens is 206 g/mol. The number of thiocarbonyl (C=S) groups is 1. The maximum atomic E-state index is 11.2. The molecule has 0 bridgehead atoms. The summed E-state index contributed by atoms with van der Waals surface area (Å²) in [6, 6.07) is 5.11. The van der Waals surface area contributed by atoms with E-state index in [1.165, 1.54) is 0 Å². The third-order valence-corrected chi connectivity index (χ3v) is 1.91. The van der Waals surface area contributed by atoms with Gasteiger partial charge < -0.3 is 0 Å². The van der Waals surface area contributed by atoms with E-state index in [-0.39, 0.29) is 0 Å². The highest BCUT2D eigenvalue weighted by atomic mass is 35.5. The smallest absolute Gasteiger partial charge is 0.266 e. The second kappa shape index (κ2) is 4.28. The van der Waals surface area contributed by atoms with Crippen molar-refractivity contribution in [2.24, 2.45) is 4.99 Å². The van der Waals surface area contributed by atoms with Gasteiger partial charge in [0, 0.05) is 0 Å². The van der Waals surface area contributed by atoms with Crippen LogP contribution in [0.1, 0.15) is 15.9 Å². The number of aliphatic imine (C=N–C) groups is 1. The number of amides is 1. The number of carbonyl (C=O) groups excluding carboxylic acids is 1. The number of carbonyl (C=O) groups is 1. The molecule has 0 saturated heterocycles. The van der Waals surface area contributed by atoms with E-state index in [1.807, 2.05) is 12.1 Å². The molecule has 0 N–H and O–H groups in total. The lowest BCUT2D eigenvalue weighted by Gasteiger charge is -1.98. The van der Waals surface area contributed by atoms with Crippen molar-refractivity contribution in [2.45, 2.75) is 6.92 Å². The highest BCUT2D eigenvalue weighted by molar-refractivity contribution is 7.78. The lowest BCUT2D eigenvalue weighted by Crippen LogP contribution is -1.95. The number of isothiocyanates is 1. The Labute approximate surface area is 86.2 Å². The van der Waals surface area contributed by atoms with Crippen LogP contribution >= 0.6 is 23.8 Å². The Balaban J connectivity index is 3.16. The minimum Gasteiger partial charge on any atom is -0.266 e. The Morgan fingerprint density at radius 2 is 2.31 bits per heavy atom. The fourth-order valence-corrected chi connectivity index (χ4v) is 1.29. The number of hydrogen-bond donors (Lipinski definition) is 0. The summed E-state index contributed by atoms with van der Waals surface area (Å²) in [7, 11) is 0. The van der Waals surface area contributed by atoms with Gasteiger partial charge in [0.2, 0.25) is 0 Å². The van der Waals surface area contributed by atoms with E-state index in [9.17, 15) is 4.79 Å². The molecule has 4 heteroatoms. The average Bonchev–Trinajstić information content (AvgIpc) is 2.04. The fourth-order valence-electron chi connectivity index (χ4n) is 0.895. The van der Waals surface area contributed by atoms with Gasteiger partial charge in [0.15, 0.2) is 0 Å². The van der Waals surface area contributed by atoms with Crippen LogP contribution in [-0.2, 0) is 0 Å². The largest absolute Gasteiger partial charge is 0.287 e. The molecule has 0 aliphatic rings. The van der Waals surface area contributed by atoms with Gasteiger partial charge in [-0.2, -0.15) is 4.99 Å². The van der Waals surface area contributed by atoms with E-state index in [4.69, 9.17) is 11.6 Å². The molecule has 0 fully saturated rings. The van der Waals surface area contributed by atoms with Gasteiger partial charge in [0.05, 0.1) is 15.7 Å². The van der Waals surface area contributed by atoms with Crippen LogP contribution in [0.3, 0.4) is 0 Å². The predicted molar refractivity (Wildman–Crippen MR) is 55.5 cm³/mol. The van der Waals surface area contributed by atoms with Crippen molar-refractivity contribution in [3.63, 3.8) is 0 Å². The molecule has 66 valence electrons. The molecule has 1 aromatic carbocycles. The van der Waals surface area contributed by atoms with Crippen LogP contribution in [0.2, 0.25) is 5.02 Å². The zero-order valence-corrected chi connectivity index (χ0v) is 8.45. The minimum atomic E-state index is -0.458. The summed E-state index contributed by atoms with van der Waals surface area (Å²) < 4.78 is 0. The van der Waals surface area contributed by atoms with E-state index in [2.05, 4.69) is 17.2 Å². The number of rotatable bonds is 1. The van der Waals surface area contributed by atoms with E-state index < -0.39 is 5.91 Å². The van der Waals surface area contributed by atoms with Gasteiger partial charge >= 0.3 is 0 Å². The van der Waals surface area contributed by atoms with Crippen molar-refractivity contribution < 1.29 is 4.79 Å². The van der Waals surface area contributed by atoms with Crippen LogP contribution in [0.25, 0.3) is 0 Å². The molecule has 0 unspecified atom stereocenters. The number of halogens is 1. The Morgan fingerprint density at radius 3 is 2.85 bits per heavy atom. The molecule has 0 aliphatic heterocycles. The normalized spacial score (nSPS) is 9.08. The fraction of sp³-hybridized carbons (Fsp3) is 0.111. The van der Waals surface area contributed by atoms with Crippen molar-refractivity contribution >= 4 is 34.9 Å². The Bertz CT molecular complexity index is 397. The molecule has 0 heterocycles. The molecule has 0 aliphatic carbocycles. The van der Waals surface area contributed by atoms with Crippen LogP contribution < -0.4 is 0 Å². The maximum Gasteiger partial charge on any atom is 0.287 e. The second-order valence-electron chi connectivity index (χ2n) is 2.49. The molecule has 0 atom stereocenters. The van der Waals surface area contributed by atoms with E-state index in [1.54, 1.807) is 18.2 Å². The van der Waals surface area contributed by atoms with E-state index in [0.29, 0.717) is 10.6 Å². The molecule has 1 amide bonds. The minimum absolute atomic E-state index is 0.351. The second-order valence-corrected chi connectivity index (χ2v) is 3.08. The first kappa shape index (κ1) is 10.1. The first-order valence-electron chi connectivity index (χ1n) is 3.53. The summed E-state index contributed by atoms with van der Waals surface area (Å²) in [4.78, 5) is 14.5. The third kappa shape index (κ3) is 2.46. The summed E-state index contributed by atoms with van der Waals surface area (Å²) in [5, 5.41) is 2.40. The van der Waals surface area contributed by atoms with Crippen LogP contribution in [-0.4, -0.2) is 11.1 Å². The first-order valence-corrected chi connectivity index (χ1v) is 4.32. The van der Waals surface area contributed by atoms with Crippen molar-refractivity contribution in [1.29, 1.82) is 0 Å². The lowest BCUT2D eigenvalue weighted by atomic mass is 10.1. The molecule has 2 nitrogen and oxygen atoms in total. The SMILES string of the molecule is Cc1ccc(C(=O)N=C=S)c(Cl)c1. The van der Waals surface area contributed by atoms with Crippen molar-refractivity contribution in [1.82, 2.24) is 0 Å². The van der Waals surface area contributed by atoms with Gasteiger partial charge in [-0.15, -0.1) is 0 Å². The van der Waals surface area contributed by atoms with Crippen LogP contribution in [0.4, 0.5) is 0 Å². The van der Waals surface area contributed by atoms with Gasteiger partial charge in [0.25, 0.3) is 5.91 Å². The molecular formula is C9H6ClNOS. The molecule has 0 aromatic heterocycles. The summed E-state index contributed by atoms with van der Waals surface area (Å²) in [6.07, 6.45) is 0. The van der Waals surface area contributed by atoms with Gasteiger partial charge in [-0.3, -0.25) is 4.79 Å². The van der Waals surface area contributed by atoms with Crippen molar-refractivity contribution in [3.05, 3.63) is 34.3 Å². The Hall–Kier alpha value is -1.02. The summed E-state index contributed by atoms with van der Waals surface area (Å²) in [6.45, 7) is 1.89. The highest BCUT2D eigenvalue weighted by Crippen LogP contribution is 2.18. The molecule has 1 aromatic rings. The first-order chi connectivity index (χ1) is 6.15. The number of hydrogen-bond acceptors (Lipinski definition) is 2. The van der Waals surface area contributed by atoms with Gasteiger partial charge in [-0.1, -0.05) is 17.7 Å². The Morgan fingerprint density at radius 1 is 1.62 bits per heavy atom. The summed E-state index contributed by atoms with van der Waals surface area (Å²) >= 11 is 10.1. The van der Waals surface area contributed by atoms with Gasteiger partial charge in [-0.25, -0.2) is 0 Å². The molecule has 0 spiro atoms. The Kier molecular flexibility index (Phi) is 3.32. The zero-order chi connectivity index (χ0) is 9.84. The quantitative estimate of drug-likeness (QED) is 0.528. The summed E-state index contributed by atoms with van der Waals surface area (Å²) in [5.74, 6) is -0.458. The number of nitrogens with zero attached hydrogens (tertiary/aromatic N) is 1. The maximum absolute atomic E-state index is 11.2. The molecule has 1 rings (SSSR count). The lowest BCUT2D eigenvalue weighted by molar-refractivity contribution is 0.100. The zero-order valence-electron chi connectivity index (χ0n) is 6.87. The number of aryl methyl sites for hydroxylation is 1. The predicted octanol–water partition coefficient (Wildman–Crippen LogP) is 2.89. The van der Waals surface area contributed by atoms with Gasteiger partial charge in [-0.05, 0) is 36.8 Å². The highest BCUT2D eigenvalue weighted by Gasteiger charge is 2.07. The monoisotopic (exact) mass is 211 g/mol. The molecule has 0 saturated carbocycles. The average molecular weight is 212 g/mol. The topological polar surface area (TPSA) is 29.4 Å². The van der Waals surface area contributed by atoms with Crippen LogP contribution in [0.5, 0.6) is 0 Å². The molecule has 0 radical (unpaired) electrons.